The van der Waals surface area contributed by atoms with E-state index in [1.807, 2.05) is 24.3 Å². The molecule has 0 radical (unpaired) electrons. The number of nitrogens with one attached hydrogen (secondary N) is 1. The fourth-order valence-electron chi connectivity index (χ4n) is 1.19. The summed E-state index contributed by atoms with van der Waals surface area (Å²) in [5, 5.41) is 3.38. The molecule has 3 N–H and O–H groups in total. The summed E-state index contributed by atoms with van der Waals surface area (Å²) in [6.07, 6.45) is 1.19. The molecule has 0 amide bonds. The second-order valence-electron chi connectivity index (χ2n) is 3.84. The summed E-state index contributed by atoms with van der Waals surface area (Å²) in [4.78, 5) is 0.448. The number of rotatable bonds is 5. The number of anilines is 1. The van der Waals surface area contributed by atoms with Gasteiger partial charge in [-0.25, -0.2) is 0 Å². The van der Waals surface area contributed by atoms with Gasteiger partial charge in [0.25, 0.3) is 0 Å². The Balaban J connectivity index is 2.53. The molecule has 0 heterocycles. The molecule has 1 rings (SSSR count). The van der Waals surface area contributed by atoms with Crippen LogP contribution in [0.5, 0.6) is 0 Å². The Morgan fingerprint density at radius 2 is 2.00 bits per heavy atom. The molecule has 0 aliphatic rings. The zero-order chi connectivity index (χ0) is 11.3. The normalized spacial score (nSPS) is 12.1. The van der Waals surface area contributed by atoms with Gasteiger partial charge in [0.15, 0.2) is 0 Å². The molecular formula is C12H18N2S. The number of hydrogen-bond donors (Lipinski definition) is 2. The minimum Gasteiger partial charge on any atom is -0.389 e. The van der Waals surface area contributed by atoms with Crippen LogP contribution in [0.15, 0.2) is 24.3 Å². The highest BCUT2D eigenvalue weighted by Gasteiger charge is 1.99. The van der Waals surface area contributed by atoms with E-state index in [4.69, 9.17) is 18.0 Å². The van der Waals surface area contributed by atoms with Crippen LogP contribution in [-0.2, 0) is 0 Å². The highest BCUT2D eigenvalue weighted by atomic mass is 32.1. The van der Waals surface area contributed by atoms with E-state index >= 15 is 0 Å². The first-order valence-electron chi connectivity index (χ1n) is 5.27. The van der Waals surface area contributed by atoms with Gasteiger partial charge in [0.05, 0.1) is 0 Å². The van der Waals surface area contributed by atoms with Crippen molar-refractivity contribution >= 4 is 22.9 Å². The lowest BCUT2D eigenvalue weighted by molar-refractivity contribution is 0.593. The van der Waals surface area contributed by atoms with Crippen LogP contribution in [0.2, 0.25) is 0 Å². The van der Waals surface area contributed by atoms with Crippen LogP contribution in [0.3, 0.4) is 0 Å². The molecule has 3 heteroatoms. The van der Waals surface area contributed by atoms with E-state index in [0.29, 0.717) is 10.9 Å². The van der Waals surface area contributed by atoms with E-state index in [0.717, 1.165) is 17.8 Å². The van der Waals surface area contributed by atoms with Crippen LogP contribution in [-0.4, -0.2) is 11.5 Å². The first-order valence-corrected chi connectivity index (χ1v) is 5.68. The second kappa shape index (κ2) is 5.71. The lowest BCUT2D eigenvalue weighted by Crippen LogP contribution is -2.11. The molecule has 0 spiro atoms. The van der Waals surface area contributed by atoms with E-state index < -0.39 is 0 Å². The molecule has 0 bridgehead atoms. The first kappa shape index (κ1) is 12.0. The van der Waals surface area contributed by atoms with Gasteiger partial charge in [-0.2, -0.15) is 0 Å². The van der Waals surface area contributed by atoms with Gasteiger partial charge in [-0.05, 0) is 30.2 Å². The Hall–Kier alpha value is -1.09. The predicted molar refractivity (Wildman–Crippen MR) is 70.3 cm³/mol. The minimum atomic E-state index is 0.448. The van der Waals surface area contributed by atoms with Crippen molar-refractivity contribution in [2.75, 3.05) is 11.9 Å². The molecule has 0 aromatic heterocycles. The second-order valence-corrected chi connectivity index (χ2v) is 4.28. The molecule has 1 unspecified atom stereocenters. The molecule has 82 valence electrons. The SMILES string of the molecule is CCC(C)CNc1ccc(C(N)=S)cc1. The largest absolute Gasteiger partial charge is 0.389 e. The Kier molecular flexibility index (Phi) is 4.56. The van der Waals surface area contributed by atoms with Gasteiger partial charge < -0.3 is 11.1 Å². The Bertz CT molecular complexity index is 319. The van der Waals surface area contributed by atoms with Crippen molar-refractivity contribution < 1.29 is 0 Å². The molecule has 1 aromatic carbocycles. The van der Waals surface area contributed by atoms with E-state index in [-0.39, 0.29) is 0 Å². The third-order valence-corrected chi connectivity index (χ3v) is 2.76. The summed E-state index contributed by atoms with van der Waals surface area (Å²) < 4.78 is 0. The molecule has 1 atom stereocenters. The standard InChI is InChI=1S/C12H18N2S/c1-3-9(2)8-14-11-6-4-10(5-7-11)12(13)15/h4-7,9,14H,3,8H2,1-2H3,(H2,13,15). The highest BCUT2D eigenvalue weighted by Crippen LogP contribution is 2.11. The summed E-state index contributed by atoms with van der Waals surface area (Å²) in [5.74, 6) is 0.695. The molecule has 0 saturated heterocycles. The van der Waals surface area contributed by atoms with Gasteiger partial charge in [-0.3, -0.25) is 0 Å². The van der Waals surface area contributed by atoms with Gasteiger partial charge in [0.1, 0.15) is 4.99 Å². The lowest BCUT2D eigenvalue weighted by atomic mass is 10.1. The summed E-state index contributed by atoms with van der Waals surface area (Å²) in [7, 11) is 0. The van der Waals surface area contributed by atoms with Gasteiger partial charge in [-0.15, -0.1) is 0 Å². The fraction of sp³-hybridized carbons (Fsp3) is 0.417. The van der Waals surface area contributed by atoms with Crippen LogP contribution in [0.4, 0.5) is 5.69 Å². The zero-order valence-electron chi connectivity index (χ0n) is 9.29. The van der Waals surface area contributed by atoms with Gasteiger partial charge >= 0.3 is 0 Å². The van der Waals surface area contributed by atoms with Crippen LogP contribution in [0.1, 0.15) is 25.8 Å². The number of benzene rings is 1. The molecule has 2 nitrogen and oxygen atoms in total. The molecule has 1 aromatic rings. The van der Waals surface area contributed by atoms with Gasteiger partial charge in [0.2, 0.25) is 0 Å². The quantitative estimate of drug-likeness (QED) is 0.752. The van der Waals surface area contributed by atoms with Crippen molar-refractivity contribution in [3.05, 3.63) is 29.8 Å². The Morgan fingerprint density at radius 3 is 2.47 bits per heavy atom. The summed E-state index contributed by atoms with van der Waals surface area (Å²) in [6, 6.07) is 7.91. The van der Waals surface area contributed by atoms with Crippen molar-refractivity contribution in [2.45, 2.75) is 20.3 Å². The average Bonchev–Trinajstić information content (AvgIpc) is 2.26. The Labute approximate surface area is 96.9 Å². The first-order chi connectivity index (χ1) is 7.13. The zero-order valence-corrected chi connectivity index (χ0v) is 10.1. The molecule has 0 aliphatic heterocycles. The molecule has 0 fully saturated rings. The van der Waals surface area contributed by atoms with Crippen LogP contribution in [0, 0.1) is 5.92 Å². The monoisotopic (exact) mass is 222 g/mol. The maximum atomic E-state index is 5.52. The number of thiocarbonyl (C=S) groups is 1. The van der Waals surface area contributed by atoms with E-state index in [9.17, 15) is 0 Å². The molecule has 0 saturated carbocycles. The van der Waals surface area contributed by atoms with Crippen LogP contribution >= 0.6 is 12.2 Å². The molecular weight excluding hydrogens is 204 g/mol. The Morgan fingerprint density at radius 1 is 1.40 bits per heavy atom. The summed E-state index contributed by atoms with van der Waals surface area (Å²) >= 11 is 4.89. The van der Waals surface area contributed by atoms with E-state index in [1.165, 1.54) is 6.42 Å². The van der Waals surface area contributed by atoms with E-state index in [2.05, 4.69) is 19.2 Å². The smallest absolute Gasteiger partial charge is 0.103 e. The minimum absolute atomic E-state index is 0.448. The topological polar surface area (TPSA) is 38.0 Å². The molecule has 15 heavy (non-hydrogen) atoms. The summed E-state index contributed by atoms with van der Waals surface area (Å²) in [6.45, 7) is 5.43. The third-order valence-electron chi connectivity index (χ3n) is 2.52. The predicted octanol–water partition coefficient (Wildman–Crippen LogP) is 2.78. The van der Waals surface area contributed by atoms with Gasteiger partial charge in [-0.1, -0.05) is 32.5 Å². The number of nitrogens with two attached hydrogens (primary N) is 1. The average molecular weight is 222 g/mol. The van der Waals surface area contributed by atoms with Crippen LogP contribution < -0.4 is 11.1 Å². The highest BCUT2D eigenvalue weighted by molar-refractivity contribution is 7.80. The number of hydrogen-bond acceptors (Lipinski definition) is 2. The van der Waals surface area contributed by atoms with Crippen molar-refractivity contribution in [1.82, 2.24) is 0 Å². The molecule has 0 aliphatic carbocycles. The van der Waals surface area contributed by atoms with Crippen molar-refractivity contribution in [1.29, 1.82) is 0 Å². The lowest BCUT2D eigenvalue weighted by Gasteiger charge is -2.11. The van der Waals surface area contributed by atoms with Gasteiger partial charge in [0, 0.05) is 17.8 Å². The van der Waals surface area contributed by atoms with Crippen LogP contribution in [0.25, 0.3) is 0 Å². The van der Waals surface area contributed by atoms with Crippen molar-refractivity contribution in [3.8, 4) is 0 Å². The maximum Gasteiger partial charge on any atom is 0.103 e. The fourth-order valence-corrected chi connectivity index (χ4v) is 1.32. The third kappa shape index (κ3) is 3.88. The van der Waals surface area contributed by atoms with E-state index in [1.54, 1.807) is 0 Å². The van der Waals surface area contributed by atoms with Crippen molar-refractivity contribution in [3.63, 3.8) is 0 Å². The van der Waals surface area contributed by atoms with Crippen molar-refractivity contribution in [2.24, 2.45) is 11.7 Å². The maximum absolute atomic E-state index is 5.52. The summed E-state index contributed by atoms with van der Waals surface area (Å²) in [5.41, 5.74) is 7.56.